The van der Waals surface area contributed by atoms with Gasteiger partial charge < -0.3 is 14.3 Å². The second kappa shape index (κ2) is 5.35. The van der Waals surface area contributed by atoms with Crippen LogP contribution in [0, 0.1) is 0 Å². The Bertz CT molecular complexity index is 454. The summed E-state index contributed by atoms with van der Waals surface area (Å²) in [5.41, 5.74) is 0.222. The minimum Gasteiger partial charge on any atom is -0.478 e. The van der Waals surface area contributed by atoms with Gasteiger partial charge in [-0.1, -0.05) is 6.92 Å². The molecular formula is C13H16O5. The van der Waals surface area contributed by atoms with Crippen molar-refractivity contribution in [3.63, 3.8) is 0 Å². The molecule has 5 heteroatoms. The molecule has 1 aromatic heterocycles. The van der Waals surface area contributed by atoms with Crippen LogP contribution in [0.2, 0.25) is 0 Å². The number of ether oxygens (including phenoxy) is 1. The van der Waals surface area contributed by atoms with Gasteiger partial charge in [0, 0.05) is 25.6 Å². The van der Waals surface area contributed by atoms with Gasteiger partial charge in [0.2, 0.25) is 0 Å². The van der Waals surface area contributed by atoms with Crippen molar-refractivity contribution in [2.75, 3.05) is 13.2 Å². The van der Waals surface area contributed by atoms with Gasteiger partial charge in [-0.25, -0.2) is 4.79 Å². The van der Waals surface area contributed by atoms with Crippen LogP contribution in [0.1, 0.15) is 57.9 Å². The molecule has 0 amide bonds. The molecule has 1 aliphatic heterocycles. The van der Waals surface area contributed by atoms with E-state index in [0.717, 1.165) is 12.8 Å². The summed E-state index contributed by atoms with van der Waals surface area (Å²) in [5, 5.41) is 9.27. The number of hydrogen-bond acceptors (Lipinski definition) is 4. The summed E-state index contributed by atoms with van der Waals surface area (Å²) < 4.78 is 10.9. The first-order valence-corrected chi connectivity index (χ1v) is 6.10. The lowest BCUT2D eigenvalue weighted by Gasteiger charge is -2.20. The zero-order chi connectivity index (χ0) is 13.1. The maximum Gasteiger partial charge on any atom is 0.340 e. The lowest BCUT2D eigenvalue weighted by atomic mass is 9.93. The van der Waals surface area contributed by atoms with Gasteiger partial charge in [0.25, 0.3) is 0 Å². The van der Waals surface area contributed by atoms with E-state index in [1.54, 1.807) is 0 Å². The summed E-state index contributed by atoms with van der Waals surface area (Å²) in [6, 6.07) is 0. The number of carboxylic acids is 1. The van der Waals surface area contributed by atoms with Crippen molar-refractivity contribution >= 4 is 12.3 Å². The Hall–Kier alpha value is -1.62. The Labute approximate surface area is 105 Å². The van der Waals surface area contributed by atoms with Gasteiger partial charge in [-0.15, -0.1) is 0 Å². The van der Waals surface area contributed by atoms with Crippen LogP contribution in [0.3, 0.4) is 0 Å². The molecular weight excluding hydrogens is 236 g/mol. The molecule has 0 aromatic carbocycles. The van der Waals surface area contributed by atoms with Gasteiger partial charge in [0.1, 0.15) is 17.1 Å². The minimum atomic E-state index is -1.10. The van der Waals surface area contributed by atoms with Crippen LogP contribution in [0.25, 0.3) is 0 Å². The Kier molecular flexibility index (Phi) is 3.81. The smallest absolute Gasteiger partial charge is 0.340 e. The maximum atomic E-state index is 11.3. The molecule has 1 fully saturated rings. The zero-order valence-corrected chi connectivity index (χ0v) is 10.3. The molecule has 0 bridgehead atoms. The minimum absolute atomic E-state index is 0.0313. The van der Waals surface area contributed by atoms with Crippen molar-refractivity contribution in [2.45, 2.75) is 32.1 Å². The predicted octanol–water partition coefficient (Wildman–Crippen LogP) is 2.25. The van der Waals surface area contributed by atoms with Gasteiger partial charge in [-0.05, 0) is 12.8 Å². The second-order valence-corrected chi connectivity index (χ2v) is 4.34. The molecule has 0 saturated carbocycles. The van der Waals surface area contributed by atoms with E-state index >= 15 is 0 Å². The average Bonchev–Trinajstić information content (AvgIpc) is 2.78. The lowest BCUT2D eigenvalue weighted by molar-refractivity contribution is 0.0673. The van der Waals surface area contributed by atoms with E-state index in [1.165, 1.54) is 0 Å². The van der Waals surface area contributed by atoms with Crippen molar-refractivity contribution in [3.05, 3.63) is 22.6 Å². The van der Waals surface area contributed by atoms with Crippen LogP contribution in [-0.4, -0.2) is 30.6 Å². The summed E-state index contributed by atoms with van der Waals surface area (Å²) in [5.74, 6) is -0.167. The third-order valence-corrected chi connectivity index (χ3v) is 3.29. The number of carbonyl (C=O) groups is 2. The summed E-state index contributed by atoms with van der Waals surface area (Å²) >= 11 is 0. The second-order valence-electron chi connectivity index (χ2n) is 4.34. The van der Waals surface area contributed by atoms with E-state index < -0.39 is 5.97 Å². The lowest BCUT2D eigenvalue weighted by Crippen LogP contribution is -2.16. The Balaban J connectivity index is 2.47. The van der Waals surface area contributed by atoms with Gasteiger partial charge in [0.05, 0.1) is 5.56 Å². The maximum absolute atomic E-state index is 11.3. The van der Waals surface area contributed by atoms with Crippen LogP contribution in [-0.2, 0) is 11.2 Å². The monoisotopic (exact) mass is 252 g/mol. The van der Waals surface area contributed by atoms with Crippen LogP contribution in [0.15, 0.2) is 4.42 Å². The highest BCUT2D eigenvalue weighted by Crippen LogP contribution is 2.34. The highest BCUT2D eigenvalue weighted by atomic mass is 16.5. The van der Waals surface area contributed by atoms with E-state index in [0.29, 0.717) is 37.4 Å². The van der Waals surface area contributed by atoms with Crippen LogP contribution in [0.5, 0.6) is 0 Å². The first kappa shape index (κ1) is 12.8. The fourth-order valence-electron chi connectivity index (χ4n) is 2.37. The van der Waals surface area contributed by atoms with Gasteiger partial charge in [-0.2, -0.15) is 0 Å². The third kappa shape index (κ3) is 2.18. The number of carbonyl (C=O) groups excluding carboxylic acids is 1. The van der Waals surface area contributed by atoms with Gasteiger partial charge in [0.15, 0.2) is 6.29 Å². The van der Waals surface area contributed by atoms with E-state index in [9.17, 15) is 14.7 Å². The van der Waals surface area contributed by atoms with Crippen molar-refractivity contribution in [1.82, 2.24) is 0 Å². The molecule has 0 unspecified atom stereocenters. The summed E-state index contributed by atoms with van der Waals surface area (Å²) in [6.07, 6.45) is 2.55. The topological polar surface area (TPSA) is 76.7 Å². The fourth-order valence-corrected chi connectivity index (χ4v) is 2.37. The molecule has 98 valence electrons. The SMILES string of the molecule is CCc1oc(C2CCOCC2)c(C(=O)O)c1C=O. The molecule has 1 saturated heterocycles. The van der Waals surface area contributed by atoms with Gasteiger partial charge >= 0.3 is 5.97 Å². The van der Waals surface area contributed by atoms with E-state index in [2.05, 4.69) is 0 Å². The fraction of sp³-hybridized carbons (Fsp3) is 0.538. The average molecular weight is 252 g/mol. The number of furan rings is 1. The van der Waals surface area contributed by atoms with Crippen molar-refractivity contribution in [3.8, 4) is 0 Å². The molecule has 2 heterocycles. The molecule has 0 aliphatic carbocycles. The van der Waals surface area contributed by atoms with Crippen LogP contribution >= 0.6 is 0 Å². The van der Waals surface area contributed by atoms with Crippen molar-refractivity contribution in [2.24, 2.45) is 0 Å². The summed E-state index contributed by atoms with van der Waals surface area (Å²) in [4.78, 5) is 22.4. The number of hydrogen-bond donors (Lipinski definition) is 1. The van der Waals surface area contributed by atoms with E-state index in [1.807, 2.05) is 6.92 Å². The molecule has 1 aliphatic rings. The highest BCUT2D eigenvalue weighted by Gasteiger charge is 2.30. The normalized spacial score (nSPS) is 16.7. The van der Waals surface area contributed by atoms with E-state index in [-0.39, 0.29) is 17.0 Å². The molecule has 1 aromatic rings. The van der Waals surface area contributed by atoms with Crippen LogP contribution < -0.4 is 0 Å². The first-order chi connectivity index (χ1) is 8.69. The van der Waals surface area contributed by atoms with Crippen molar-refractivity contribution < 1.29 is 23.8 Å². The predicted molar refractivity (Wildman–Crippen MR) is 63.2 cm³/mol. The Morgan fingerprint density at radius 1 is 1.44 bits per heavy atom. The highest BCUT2D eigenvalue weighted by molar-refractivity contribution is 5.99. The molecule has 2 rings (SSSR count). The third-order valence-electron chi connectivity index (χ3n) is 3.29. The number of carboxylic acid groups (broad SMARTS) is 1. The van der Waals surface area contributed by atoms with E-state index in [4.69, 9.17) is 9.15 Å². The number of aldehydes is 1. The number of rotatable bonds is 4. The molecule has 1 N–H and O–H groups in total. The molecule has 0 spiro atoms. The molecule has 5 nitrogen and oxygen atoms in total. The number of aryl methyl sites for hydroxylation is 1. The summed E-state index contributed by atoms with van der Waals surface area (Å²) in [7, 11) is 0. The molecule has 0 radical (unpaired) electrons. The van der Waals surface area contributed by atoms with Crippen LogP contribution in [0.4, 0.5) is 0 Å². The molecule has 0 atom stereocenters. The molecule has 18 heavy (non-hydrogen) atoms. The van der Waals surface area contributed by atoms with Gasteiger partial charge in [-0.3, -0.25) is 4.79 Å². The number of aromatic carboxylic acids is 1. The summed E-state index contributed by atoms with van der Waals surface area (Å²) in [6.45, 7) is 3.04. The quantitative estimate of drug-likeness (QED) is 0.831. The van der Waals surface area contributed by atoms with Crippen molar-refractivity contribution in [1.29, 1.82) is 0 Å². The Morgan fingerprint density at radius 2 is 2.11 bits per heavy atom. The Morgan fingerprint density at radius 3 is 2.61 bits per heavy atom. The zero-order valence-electron chi connectivity index (χ0n) is 10.3. The largest absolute Gasteiger partial charge is 0.478 e. The standard InChI is InChI=1S/C13H16O5/c1-2-10-9(7-14)11(13(15)16)12(18-10)8-3-5-17-6-4-8/h7-8H,2-6H2,1H3,(H,15,16). The first-order valence-electron chi connectivity index (χ1n) is 6.10.